The number of hydrogen-bond donors (Lipinski definition) is 3. The minimum atomic E-state index is -3.34. The van der Waals surface area contributed by atoms with Crippen LogP contribution >= 0.6 is 0 Å². The number of benzene rings is 1. The monoisotopic (exact) mass is 483 g/mol. The number of alkyl halides is 2. The third-order valence-corrected chi connectivity index (χ3v) is 6.45. The van der Waals surface area contributed by atoms with E-state index in [4.69, 9.17) is 0 Å². The molecular formula is C24H20F3N5O3. The molecule has 35 heavy (non-hydrogen) atoms. The minimum Gasteiger partial charge on any atom is -0.505 e. The number of nitrogens with one attached hydrogen (secondary N) is 2. The van der Waals surface area contributed by atoms with Gasteiger partial charge in [-0.25, -0.2) is 13.2 Å². The summed E-state index contributed by atoms with van der Waals surface area (Å²) >= 11 is 0. The third kappa shape index (κ3) is 4.05. The second kappa shape index (κ2) is 8.01. The third-order valence-electron chi connectivity index (χ3n) is 6.45. The highest BCUT2D eigenvalue weighted by Crippen LogP contribution is 2.44. The van der Waals surface area contributed by atoms with Gasteiger partial charge in [0.15, 0.2) is 5.75 Å². The SMILES string of the molecule is N#CC1(CNC(=O)c2c(O)c3ncc(Cc4ccc(F)cc4)c4c3n(c2=O)CC(F)(F)CN4)CC1. The van der Waals surface area contributed by atoms with Gasteiger partial charge in [-0.2, -0.15) is 5.26 Å². The number of pyridine rings is 2. The predicted molar refractivity (Wildman–Crippen MR) is 120 cm³/mol. The fraction of sp³-hybridized carbons (Fsp3) is 0.333. The van der Waals surface area contributed by atoms with Crippen molar-refractivity contribution >= 4 is 22.6 Å². The van der Waals surface area contributed by atoms with Crippen LogP contribution in [-0.4, -0.2) is 39.6 Å². The molecule has 1 aliphatic heterocycles. The van der Waals surface area contributed by atoms with E-state index in [-0.39, 0.29) is 29.7 Å². The van der Waals surface area contributed by atoms with Gasteiger partial charge in [-0.05, 0) is 30.5 Å². The molecule has 0 radical (unpaired) electrons. The number of carbonyl (C=O) groups is 1. The van der Waals surface area contributed by atoms with E-state index in [0.717, 1.165) is 4.57 Å². The average molecular weight is 483 g/mol. The summed E-state index contributed by atoms with van der Waals surface area (Å²) < 4.78 is 43.4. The molecule has 3 aromatic rings. The van der Waals surface area contributed by atoms with E-state index in [9.17, 15) is 33.1 Å². The summed E-state index contributed by atoms with van der Waals surface area (Å²) in [5, 5.41) is 25.2. The van der Waals surface area contributed by atoms with Crippen LogP contribution in [0.4, 0.5) is 18.9 Å². The molecule has 2 aliphatic rings. The molecule has 3 heterocycles. The standard InChI is InChI=1S/C24H20F3N5O3/c25-15-3-1-13(2-4-15)7-14-8-29-18-19-17(14)30-11-24(26,27)12-32(19)22(35)16(20(18)33)21(34)31-10-23(9-28)5-6-23/h1-4,8,30,33H,5-7,10-12H2,(H,31,34). The first-order chi connectivity index (χ1) is 16.6. The Morgan fingerprint density at radius 1 is 1.29 bits per heavy atom. The molecule has 0 bridgehead atoms. The van der Waals surface area contributed by atoms with E-state index in [2.05, 4.69) is 21.7 Å². The van der Waals surface area contributed by atoms with Crippen LogP contribution in [0.25, 0.3) is 11.0 Å². The highest BCUT2D eigenvalue weighted by atomic mass is 19.3. The number of rotatable bonds is 5. The highest BCUT2D eigenvalue weighted by Gasteiger charge is 2.44. The van der Waals surface area contributed by atoms with Crippen LogP contribution in [0, 0.1) is 22.6 Å². The van der Waals surface area contributed by atoms with Crippen LogP contribution in [0.5, 0.6) is 5.75 Å². The van der Waals surface area contributed by atoms with Crippen LogP contribution < -0.4 is 16.2 Å². The summed E-state index contributed by atoms with van der Waals surface area (Å²) in [4.78, 5) is 30.3. The lowest BCUT2D eigenvalue weighted by molar-refractivity contribution is -0.000937. The molecule has 1 saturated carbocycles. The Balaban J connectivity index is 1.64. The van der Waals surface area contributed by atoms with E-state index in [0.29, 0.717) is 24.0 Å². The number of hydrogen-bond acceptors (Lipinski definition) is 6. The number of nitriles is 1. The van der Waals surface area contributed by atoms with E-state index in [1.165, 1.54) is 18.3 Å². The minimum absolute atomic E-state index is 0.0216. The highest BCUT2D eigenvalue weighted by molar-refractivity contribution is 6.04. The predicted octanol–water partition coefficient (Wildman–Crippen LogP) is 2.93. The molecule has 1 aliphatic carbocycles. The van der Waals surface area contributed by atoms with Crippen LogP contribution in [0.3, 0.4) is 0 Å². The smallest absolute Gasteiger partial charge is 0.282 e. The van der Waals surface area contributed by atoms with Crippen LogP contribution in [-0.2, 0) is 13.0 Å². The molecule has 0 spiro atoms. The van der Waals surface area contributed by atoms with Gasteiger partial charge >= 0.3 is 0 Å². The number of anilines is 1. The fourth-order valence-electron chi connectivity index (χ4n) is 4.26. The van der Waals surface area contributed by atoms with Crippen LogP contribution in [0.1, 0.15) is 34.3 Å². The molecule has 11 heteroatoms. The average Bonchev–Trinajstić information content (AvgIpc) is 3.62. The van der Waals surface area contributed by atoms with Crippen LogP contribution in [0.2, 0.25) is 0 Å². The Morgan fingerprint density at radius 3 is 2.66 bits per heavy atom. The van der Waals surface area contributed by atoms with Crippen molar-refractivity contribution in [1.29, 1.82) is 5.26 Å². The van der Waals surface area contributed by atoms with Crippen molar-refractivity contribution in [2.75, 3.05) is 18.4 Å². The first kappa shape index (κ1) is 22.7. The van der Waals surface area contributed by atoms with Gasteiger partial charge in [0.2, 0.25) is 0 Å². The van der Waals surface area contributed by atoms with Crippen LogP contribution in [0.15, 0.2) is 35.3 Å². The molecule has 0 unspecified atom stereocenters. The molecule has 8 nitrogen and oxygen atoms in total. The van der Waals surface area contributed by atoms with Gasteiger partial charge in [-0.1, -0.05) is 12.1 Å². The molecule has 3 N–H and O–H groups in total. The van der Waals surface area contributed by atoms with Crippen molar-refractivity contribution in [1.82, 2.24) is 14.9 Å². The summed E-state index contributed by atoms with van der Waals surface area (Å²) in [7, 11) is 0. The molecule has 0 atom stereocenters. The zero-order valence-corrected chi connectivity index (χ0v) is 18.4. The van der Waals surface area contributed by atoms with E-state index in [1.54, 1.807) is 12.1 Å². The Hall–Kier alpha value is -4.07. The largest absolute Gasteiger partial charge is 0.505 e. The van der Waals surface area contributed by atoms with Crippen molar-refractivity contribution in [3.05, 3.63) is 63.3 Å². The second-order valence-electron chi connectivity index (χ2n) is 9.06. The topological polar surface area (TPSA) is 120 Å². The molecule has 1 amide bonds. The number of nitrogens with zero attached hydrogens (tertiary/aromatic N) is 3. The first-order valence-electron chi connectivity index (χ1n) is 11.0. The zero-order chi connectivity index (χ0) is 25.0. The summed E-state index contributed by atoms with van der Waals surface area (Å²) in [5.74, 6) is -5.44. The first-order valence-corrected chi connectivity index (χ1v) is 11.0. The normalized spacial score (nSPS) is 17.2. The maximum Gasteiger partial charge on any atom is 0.282 e. The van der Waals surface area contributed by atoms with E-state index in [1.807, 2.05) is 0 Å². The molecule has 1 aromatic carbocycles. The van der Waals surface area contributed by atoms with Crippen molar-refractivity contribution in [3.8, 4) is 11.8 Å². The second-order valence-corrected chi connectivity index (χ2v) is 9.06. The number of amides is 1. The zero-order valence-electron chi connectivity index (χ0n) is 18.4. The Morgan fingerprint density at radius 2 is 2.00 bits per heavy atom. The van der Waals surface area contributed by atoms with Crippen molar-refractivity contribution in [2.45, 2.75) is 31.7 Å². The number of halogens is 3. The number of aromatic hydroxyl groups is 1. The molecular weight excluding hydrogens is 463 g/mol. The maximum absolute atomic E-state index is 14.6. The summed E-state index contributed by atoms with van der Waals surface area (Å²) in [6.45, 7) is -1.82. The van der Waals surface area contributed by atoms with Crippen molar-refractivity contribution in [3.63, 3.8) is 0 Å². The lowest BCUT2D eigenvalue weighted by Crippen LogP contribution is -2.39. The Labute approximate surface area is 197 Å². The number of carbonyl (C=O) groups excluding carboxylic acids is 1. The lowest BCUT2D eigenvalue weighted by atomic mass is 10.0. The molecule has 0 saturated heterocycles. The van der Waals surface area contributed by atoms with Gasteiger partial charge in [0.05, 0.1) is 35.8 Å². The Bertz CT molecular complexity index is 1460. The summed E-state index contributed by atoms with van der Waals surface area (Å²) in [6, 6.07) is 7.74. The summed E-state index contributed by atoms with van der Waals surface area (Å²) in [5.41, 5.74) is -1.40. The molecule has 2 aromatic heterocycles. The van der Waals surface area contributed by atoms with Gasteiger partial charge in [0, 0.05) is 24.7 Å². The molecule has 1 fully saturated rings. The van der Waals surface area contributed by atoms with E-state index < -0.39 is 53.0 Å². The van der Waals surface area contributed by atoms with Gasteiger partial charge in [0.25, 0.3) is 17.4 Å². The molecule has 180 valence electrons. The van der Waals surface area contributed by atoms with Gasteiger partial charge in [-0.3, -0.25) is 19.1 Å². The van der Waals surface area contributed by atoms with E-state index >= 15 is 0 Å². The molecule has 5 rings (SSSR count). The maximum atomic E-state index is 14.6. The quantitative estimate of drug-likeness (QED) is 0.513. The van der Waals surface area contributed by atoms with Gasteiger partial charge in [0.1, 0.15) is 16.9 Å². The van der Waals surface area contributed by atoms with Gasteiger partial charge in [-0.15, -0.1) is 0 Å². The Kier molecular flexibility index (Phi) is 5.20. The van der Waals surface area contributed by atoms with Crippen molar-refractivity contribution in [2.24, 2.45) is 5.41 Å². The summed E-state index contributed by atoms with van der Waals surface area (Å²) in [6.07, 6.45) is 2.75. The van der Waals surface area contributed by atoms with Crippen molar-refractivity contribution < 1.29 is 23.1 Å². The number of aromatic nitrogens is 2. The lowest BCUT2D eigenvalue weighted by Gasteiger charge is -2.17. The van der Waals surface area contributed by atoms with Gasteiger partial charge < -0.3 is 15.7 Å². The fourth-order valence-corrected chi connectivity index (χ4v) is 4.26.